The summed E-state index contributed by atoms with van der Waals surface area (Å²) in [6, 6.07) is 20.1. The summed E-state index contributed by atoms with van der Waals surface area (Å²) in [4.78, 5) is 9.29. The number of aromatic nitrogens is 5. The third-order valence-corrected chi connectivity index (χ3v) is 5.75. The molecule has 0 atom stereocenters. The average Bonchev–Trinajstić information content (AvgIpc) is 3.36. The Morgan fingerprint density at radius 2 is 1.72 bits per heavy atom. The molecule has 4 aromatic rings. The summed E-state index contributed by atoms with van der Waals surface area (Å²) >= 11 is 1.68. The van der Waals surface area contributed by atoms with E-state index < -0.39 is 0 Å². The van der Waals surface area contributed by atoms with Crippen molar-refractivity contribution in [2.24, 2.45) is 0 Å². The van der Waals surface area contributed by atoms with E-state index in [1.54, 1.807) is 11.8 Å². The molecule has 1 fully saturated rings. The van der Waals surface area contributed by atoms with Crippen LogP contribution < -0.4 is 0 Å². The zero-order chi connectivity index (χ0) is 19.5. The quantitative estimate of drug-likeness (QED) is 0.307. The zero-order valence-electron chi connectivity index (χ0n) is 15.9. The molecule has 0 amide bonds. The molecule has 1 aliphatic carbocycles. The summed E-state index contributed by atoms with van der Waals surface area (Å²) < 4.78 is 7.39. The number of thioether (sulfide) groups is 1. The minimum Gasteiger partial charge on any atom is -0.339 e. The first-order chi connectivity index (χ1) is 14.4. The molecule has 7 heteroatoms. The van der Waals surface area contributed by atoms with Crippen LogP contribution in [-0.4, -0.2) is 30.7 Å². The SMILES string of the molecule is c1ccc(-c2noc(CCCSc3nc(C4CC4)n(-c4ccccc4)n3)n2)cc1. The van der Waals surface area contributed by atoms with E-state index in [4.69, 9.17) is 14.6 Å². The molecule has 5 rings (SSSR count). The van der Waals surface area contributed by atoms with E-state index in [1.807, 2.05) is 53.2 Å². The summed E-state index contributed by atoms with van der Waals surface area (Å²) in [6.07, 6.45) is 4.09. The van der Waals surface area contributed by atoms with Gasteiger partial charge in [-0.15, -0.1) is 5.10 Å². The maximum absolute atomic E-state index is 5.39. The lowest BCUT2D eigenvalue weighted by Crippen LogP contribution is -2.01. The Labute approximate surface area is 173 Å². The monoisotopic (exact) mass is 403 g/mol. The molecule has 0 aliphatic heterocycles. The van der Waals surface area contributed by atoms with Crippen molar-refractivity contribution >= 4 is 11.8 Å². The normalized spacial score (nSPS) is 13.7. The van der Waals surface area contributed by atoms with E-state index in [-0.39, 0.29) is 0 Å². The Kier molecular flexibility index (Phi) is 5.13. The lowest BCUT2D eigenvalue weighted by atomic mass is 10.2. The highest BCUT2D eigenvalue weighted by atomic mass is 32.2. The Morgan fingerprint density at radius 1 is 0.966 bits per heavy atom. The van der Waals surface area contributed by atoms with Crippen LogP contribution in [0.3, 0.4) is 0 Å². The van der Waals surface area contributed by atoms with Crippen molar-refractivity contribution in [2.75, 3.05) is 5.75 Å². The molecule has 6 nitrogen and oxygen atoms in total. The first kappa shape index (κ1) is 18.1. The van der Waals surface area contributed by atoms with Gasteiger partial charge in [-0.2, -0.15) is 4.98 Å². The fourth-order valence-corrected chi connectivity index (χ4v) is 3.95. The van der Waals surface area contributed by atoms with Crippen molar-refractivity contribution in [3.8, 4) is 17.1 Å². The van der Waals surface area contributed by atoms with Gasteiger partial charge in [-0.05, 0) is 31.4 Å². The van der Waals surface area contributed by atoms with Crippen molar-refractivity contribution in [3.05, 3.63) is 72.4 Å². The summed E-state index contributed by atoms with van der Waals surface area (Å²) in [5.41, 5.74) is 2.05. The van der Waals surface area contributed by atoms with Gasteiger partial charge < -0.3 is 4.52 Å². The molecular formula is C22H21N5OS. The minimum atomic E-state index is 0.548. The van der Waals surface area contributed by atoms with Gasteiger partial charge in [0.05, 0.1) is 5.69 Å². The Bertz CT molecular complexity index is 1070. The van der Waals surface area contributed by atoms with Crippen molar-refractivity contribution in [1.29, 1.82) is 0 Å². The second-order valence-electron chi connectivity index (χ2n) is 7.10. The van der Waals surface area contributed by atoms with Crippen LogP contribution >= 0.6 is 11.8 Å². The smallest absolute Gasteiger partial charge is 0.226 e. The fourth-order valence-electron chi connectivity index (χ4n) is 3.18. The summed E-state index contributed by atoms with van der Waals surface area (Å²) in [5.74, 6) is 3.86. The molecule has 2 aromatic carbocycles. The van der Waals surface area contributed by atoms with E-state index >= 15 is 0 Å². The molecule has 0 N–H and O–H groups in total. The van der Waals surface area contributed by atoms with Crippen molar-refractivity contribution in [3.63, 3.8) is 0 Å². The summed E-state index contributed by atoms with van der Waals surface area (Å²) in [6.45, 7) is 0. The van der Waals surface area contributed by atoms with Gasteiger partial charge in [0.15, 0.2) is 0 Å². The van der Waals surface area contributed by atoms with Gasteiger partial charge >= 0.3 is 0 Å². The molecule has 0 bridgehead atoms. The van der Waals surface area contributed by atoms with Gasteiger partial charge in [0.25, 0.3) is 0 Å². The van der Waals surface area contributed by atoms with Gasteiger partial charge in [-0.25, -0.2) is 9.67 Å². The topological polar surface area (TPSA) is 69.6 Å². The third kappa shape index (κ3) is 4.24. The molecule has 2 aromatic heterocycles. The molecule has 29 heavy (non-hydrogen) atoms. The molecule has 0 spiro atoms. The molecule has 0 radical (unpaired) electrons. The molecule has 0 unspecified atom stereocenters. The van der Waals surface area contributed by atoms with Crippen LogP contribution in [0.25, 0.3) is 17.1 Å². The van der Waals surface area contributed by atoms with Gasteiger partial charge in [-0.1, -0.05) is 65.4 Å². The van der Waals surface area contributed by atoms with Crippen LogP contribution in [0.5, 0.6) is 0 Å². The number of hydrogen-bond acceptors (Lipinski definition) is 6. The number of hydrogen-bond donors (Lipinski definition) is 0. The Hall–Kier alpha value is -2.93. The van der Waals surface area contributed by atoms with Gasteiger partial charge in [0.1, 0.15) is 5.82 Å². The summed E-state index contributed by atoms with van der Waals surface area (Å²) in [5, 5.41) is 9.66. The molecule has 2 heterocycles. The maximum Gasteiger partial charge on any atom is 0.226 e. The van der Waals surface area contributed by atoms with Crippen LogP contribution in [0.4, 0.5) is 0 Å². The van der Waals surface area contributed by atoms with Crippen molar-refractivity contribution in [2.45, 2.75) is 36.8 Å². The van der Waals surface area contributed by atoms with E-state index in [2.05, 4.69) is 22.3 Å². The van der Waals surface area contributed by atoms with Gasteiger partial charge in [0, 0.05) is 23.7 Å². The predicted molar refractivity (Wildman–Crippen MR) is 112 cm³/mol. The predicted octanol–water partition coefficient (Wildman–Crippen LogP) is 4.92. The molecule has 1 aliphatic rings. The molecule has 0 saturated heterocycles. The highest BCUT2D eigenvalue weighted by molar-refractivity contribution is 7.99. The number of nitrogens with zero attached hydrogens (tertiary/aromatic N) is 5. The minimum absolute atomic E-state index is 0.548. The molecule has 1 saturated carbocycles. The fraction of sp³-hybridized carbons (Fsp3) is 0.273. The number of benzene rings is 2. The highest BCUT2D eigenvalue weighted by Crippen LogP contribution is 2.40. The lowest BCUT2D eigenvalue weighted by Gasteiger charge is -2.03. The van der Waals surface area contributed by atoms with Crippen molar-refractivity contribution in [1.82, 2.24) is 24.9 Å². The van der Waals surface area contributed by atoms with Crippen LogP contribution in [0.15, 0.2) is 70.3 Å². The number of rotatable bonds is 8. The Balaban J connectivity index is 1.19. The second kappa shape index (κ2) is 8.21. The first-order valence-corrected chi connectivity index (χ1v) is 10.9. The van der Waals surface area contributed by atoms with Crippen LogP contribution in [0.1, 0.15) is 36.9 Å². The summed E-state index contributed by atoms with van der Waals surface area (Å²) in [7, 11) is 0. The Morgan fingerprint density at radius 3 is 2.48 bits per heavy atom. The van der Waals surface area contributed by atoms with Gasteiger partial charge in [-0.3, -0.25) is 0 Å². The highest BCUT2D eigenvalue weighted by Gasteiger charge is 2.30. The van der Waals surface area contributed by atoms with E-state index in [9.17, 15) is 0 Å². The van der Waals surface area contributed by atoms with Crippen molar-refractivity contribution < 1.29 is 4.52 Å². The lowest BCUT2D eigenvalue weighted by molar-refractivity contribution is 0.378. The van der Waals surface area contributed by atoms with Gasteiger partial charge in [0.2, 0.25) is 16.9 Å². The second-order valence-corrected chi connectivity index (χ2v) is 8.17. The van der Waals surface area contributed by atoms with Crippen LogP contribution in [0, 0.1) is 0 Å². The maximum atomic E-state index is 5.39. The largest absolute Gasteiger partial charge is 0.339 e. The van der Waals surface area contributed by atoms with E-state index in [1.165, 1.54) is 12.8 Å². The molecular weight excluding hydrogens is 382 g/mol. The molecule has 146 valence electrons. The average molecular weight is 404 g/mol. The first-order valence-electron chi connectivity index (χ1n) is 9.90. The standard InChI is InChI=1S/C22H21N5OS/c1-3-8-16(9-4-1)20-23-19(28-26-20)12-7-15-29-22-24-21(17-13-14-17)27(25-22)18-10-5-2-6-11-18/h1-6,8-11,17H,7,12-15H2. The number of para-hydroxylation sites is 1. The van der Waals surface area contributed by atoms with Crippen LogP contribution in [-0.2, 0) is 6.42 Å². The van der Waals surface area contributed by atoms with Crippen LogP contribution in [0.2, 0.25) is 0 Å². The van der Waals surface area contributed by atoms with E-state index in [0.29, 0.717) is 17.6 Å². The zero-order valence-corrected chi connectivity index (χ0v) is 16.8. The third-order valence-electron chi connectivity index (χ3n) is 4.82. The van der Waals surface area contributed by atoms with E-state index in [0.717, 1.165) is 40.8 Å². The number of aryl methyl sites for hydroxylation is 1.